The molecular formula is C23H35NO3. The molecule has 0 aromatic heterocycles. The normalized spacial score (nSPS) is 40.6. The Kier molecular flexibility index (Phi) is 4.88. The molecule has 0 aliphatic heterocycles. The molecule has 4 nitrogen and oxygen atoms in total. The van der Waals surface area contributed by atoms with Crippen molar-refractivity contribution >= 4 is 11.9 Å². The van der Waals surface area contributed by atoms with Crippen molar-refractivity contribution in [2.45, 2.75) is 83.7 Å². The van der Waals surface area contributed by atoms with Crippen molar-refractivity contribution in [1.82, 2.24) is 5.32 Å². The minimum absolute atomic E-state index is 0.0414. The first kappa shape index (κ1) is 19.0. The molecule has 0 saturated heterocycles. The molecule has 0 heterocycles. The van der Waals surface area contributed by atoms with Crippen molar-refractivity contribution in [3.8, 4) is 0 Å². The minimum atomic E-state index is -0.276. The van der Waals surface area contributed by atoms with E-state index in [1.807, 2.05) is 0 Å². The van der Waals surface area contributed by atoms with Gasteiger partial charge in [0.2, 0.25) is 5.91 Å². The van der Waals surface area contributed by atoms with Crippen LogP contribution in [0.3, 0.4) is 0 Å². The molecule has 5 fully saturated rings. The van der Waals surface area contributed by atoms with Crippen LogP contribution in [0.1, 0.15) is 78.1 Å². The van der Waals surface area contributed by atoms with Crippen molar-refractivity contribution in [3.63, 3.8) is 0 Å². The Labute approximate surface area is 163 Å². The molecule has 27 heavy (non-hydrogen) atoms. The van der Waals surface area contributed by atoms with Gasteiger partial charge in [-0.25, -0.2) is 0 Å². The Morgan fingerprint density at radius 2 is 1.67 bits per heavy atom. The topological polar surface area (TPSA) is 55.4 Å². The SMILES string of the molecule is C=C(C)C(=O)NCC(=O)OC1(C2CCCCC2)C2CC3CC1CC(C)(C3)C2. The standard InChI is InChI=1S/C23H35NO3/c1-15(2)21(26)24-14-20(25)27-23(17-7-5-4-6-8-17)18-9-16-10-19(23)13-22(3,11-16)12-18/h16-19H,1,4-14H2,2-3H3,(H,24,26). The second kappa shape index (κ2) is 6.93. The smallest absolute Gasteiger partial charge is 0.326 e. The number of esters is 1. The maximum absolute atomic E-state index is 12.8. The van der Waals surface area contributed by atoms with Crippen LogP contribution in [0.5, 0.6) is 0 Å². The van der Waals surface area contributed by atoms with Gasteiger partial charge in [0.15, 0.2) is 0 Å². The van der Waals surface area contributed by atoms with Gasteiger partial charge in [0.25, 0.3) is 0 Å². The molecule has 5 rings (SSSR count). The molecule has 1 N–H and O–H groups in total. The molecule has 5 aliphatic carbocycles. The molecule has 4 bridgehead atoms. The molecule has 4 heteroatoms. The van der Waals surface area contributed by atoms with Gasteiger partial charge in [-0.1, -0.05) is 32.8 Å². The number of ether oxygens (including phenoxy) is 1. The van der Waals surface area contributed by atoms with E-state index in [2.05, 4.69) is 18.8 Å². The zero-order chi connectivity index (χ0) is 19.2. The maximum Gasteiger partial charge on any atom is 0.326 e. The van der Waals surface area contributed by atoms with Crippen molar-refractivity contribution in [2.24, 2.45) is 29.1 Å². The molecule has 2 atom stereocenters. The lowest BCUT2D eigenvalue weighted by Gasteiger charge is -2.66. The summed E-state index contributed by atoms with van der Waals surface area (Å²) in [5, 5.41) is 2.67. The summed E-state index contributed by atoms with van der Waals surface area (Å²) in [6.45, 7) is 7.71. The molecule has 5 saturated carbocycles. The van der Waals surface area contributed by atoms with Gasteiger partial charge in [0.05, 0.1) is 0 Å². The zero-order valence-corrected chi connectivity index (χ0v) is 17.0. The largest absolute Gasteiger partial charge is 0.457 e. The zero-order valence-electron chi connectivity index (χ0n) is 17.0. The van der Waals surface area contributed by atoms with Gasteiger partial charge in [0, 0.05) is 17.4 Å². The highest BCUT2D eigenvalue weighted by molar-refractivity contribution is 5.94. The average molecular weight is 374 g/mol. The highest BCUT2D eigenvalue weighted by Gasteiger charge is 2.65. The molecule has 5 aliphatic rings. The van der Waals surface area contributed by atoms with E-state index in [0.29, 0.717) is 28.7 Å². The second-order valence-corrected chi connectivity index (χ2v) is 10.3. The minimum Gasteiger partial charge on any atom is -0.457 e. The first-order chi connectivity index (χ1) is 12.8. The summed E-state index contributed by atoms with van der Waals surface area (Å²) < 4.78 is 6.45. The predicted molar refractivity (Wildman–Crippen MR) is 105 cm³/mol. The Balaban J connectivity index is 1.56. The summed E-state index contributed by atoms with van der Waals surface area (Å²) in [7, 11) is 0. The summed E-state index contributed by atoms with van der Waals surface area (Å²) >= 11 is 0. The van der Waals surface area contributed by atoms with E-state index in [-0.39, 0.29) is 24.0 Å². The van der Waals surface area contributed by atoms with E-state index in [0.717, 1.165) is 5.92 Å². The van der Waals surface area contributed by atoms with Crippen LogP contribution in [-0.4, -0.2) is 24.0 Å². The van der Waals surface area contributed by atoms with E-state index in [1.165, 1.54) is 64.2 Å². The molecule has 0 radical (unpaired) electrons. The van der Waals surface area contributed by atoms with Crippen LogP contribution >= 0.6 is 0 Å². The van der Waals surface area contributed by atoms with Crippen LogP contribution in [0.25, 0.3) is 0 Å². The van der Waals surface area contributed by atoms with Crippen molar-refractivity contribution in [2.75, 3.05) is 6.54 Å². The lowest BCUT2D eigenvalue weighted by atomic mass is 9.42. The third-order valence-corrected chi connectivity index (χ3v) is 8.09. The van der Waals surface area contributed by atoms with Gasteiger partial charge >= 0.3 is 5.97 Å². The predicted octanol–water partition coefficient (Wildman–Crippen LogP) is 4.39. The first-order valence-electron chi connectivity index (χ1n) is 11.0. The van der Waals surface area contributed by atoms with Crippen molar-refractivity contribution in [1.29, 1.82) is 0 Å². The monoisotopic (exact) mass is 373 g/mol. The van der Waals surface area contributed by atoms with E-state index in [4.69, 9.17) is 4.74 Å². The summed E-state index contributed by atoms with van der Waals surface area (Å²) in [4.78, 5) is 24.6. The summed E-state index contributed by atoms with van der Waals surface area (Å²) in [5.74, 6) is 1.83. The summed E-state index contributed by atoms with van der Waals surface area (Å²) in [6, 6.07) is 0. The highest BCUT2D eigenvalue weighted by atomic mass is 16.6. The Morgan fingerprint density at radius 3 is 2.22 bits per heavy atom. The number of rotatable bonds is 5. The van der Waals surface area contributed by atoms with Gasteiger partial charge in [-0.05, 0) is 69.1 Å². The average Bonchev–Trinajstić information content (AvgIpc) is 2.62. The molecule has 0 aromatic carbocycles. The van der Waals surface area contributed by atoms with Gasteiger partial charge in [-0.3, -0.25) is 9.59 Å². The Morgan fingerprint density at radius 1 is 1.04 bits per heavy atom. The fourth-order valence-corrected chi connectivity index (χ4v) is 7.40. The summed E-state index contributed by atoms with van der Waals surface area (Å²) in [5.41, 5.74) is 0.601. The third kappa shape index (κ3) is 3.34. The molecule has 2 unspecified atom stereocenters. The van der Waals surface area contributed by atoms with Crippen LogP contribution in [0.15, 0.2) is 12.2 Å². The first-order valence-corrected chi connectivity index (χ1v) is 11.0. The van der Waals surface area contributed by atoms with Crippen molar-refractivity contribution < 1.29 is 14.3 Å². The van der Waals surface area contributed by atoms with Crippen LogP contribution in [0, 0.1) is 29.1 Å². The fourth-order valence-electron chi connectivity index (χ4n) is 7.40. The highest BCUT2D eigenvalue weighted by Crippen LogP contribution is 2.67. The van der Waals surface area contributed by atoms with Crippen LogP contribution in [-0.2, 0) is 14.3 Å². The molecule has 0 aromatic rings. The van der Waals surface area contributed by atoms with Crippen LogP contribution < -0.4 is 5.32 Å². The van der Waals surface area contributed by atoms with E-state index < -0.39 is 0 Å². The van der Waals surface area contributed by atoms with Gasteiger partial charge < -0.3 is 10.1 Å². The van der Waals surface area contributed by atoms with Crippen LogP contribution in [0.2, 0.25) is 0 Å². The molecule has 150 valence electrons. The van der Waals surface area contributed by atoms with Crippen molar-refractivity contribution in [3.05, 3.63) is 12.2 Å². The Bertz CT molecular complexity index is 618. The fraction of sp³-hybridized carbons (Fsp3) is 0.826. The molecular weight excluding hydrogens is 338 g/mol. The summed E-state index contributed by atoms with van der Waals surface area (Å²) in [6.07, 6.45) is 12.5. The number of amides is 1. The van der Waals surface area contributed by atoms with Gasteiger partial charge in [-0.15, -0.1) is 0 Å². The van der Waals surface area contributed by atoms with E-state index in [1.54, 1.807) is 6.92 Å². The van der Waals surface area contributed by atoms with Crippen LogP contribution in [0.4, 0.5) is 0 Å². The van der Waals surface area contributed by atoms with E-state index in [9.17, 15) is 9.59 Å². The van der Waals surface area contributed by atoms with E-state index >= 15 is 0 Å². The molecule has 0 spiro atoms. The number of nitrogens with one attached hydrogen (secondary N) is 1. The molecule has 1 amide bonds. The second-order valence-electron chi connectivity index (χ2n) is 10.3. The van der Waals surface area contributed by atoms with Gasteiger partial charge in [0.1, 0.15) is 12.1 Å². The lowest BCUT2D eigenvalue weighted by Crippen LogP contribution is -2.65. The maximum atomic E-state index is 12.8. The Hall–Kier alpha value is -1.32. The van der Waals surface area contributed by atoms with Gasteiger partial charge in [-0.2, -0.15) is 0 Å². The number of hydrogen-bond acceptors (Lipinski definition) is 3. The number of carbonyl (C=O) groups is 2. The quantitative estimate of drug-likeness (QED) is 0.574. The lowest BCUT2D eigenvalue weighted by molar-refractivity contribution is -0.245. The number of hydrogen-bond donors (Lipinski definition) is 1. The third-order valence-electron chi connectivity index (χ3n) is 8.09. The number of carbonyl (C=O) groups excluding carboxylic acids is 2.